The molecule has 1 heterocycles. The van der Waals surface area contributed by atoms with Crippen molar-refractivity contribution in [2.24, 2.45) is 0 Å². The minimum Gasteiger partial charge on any atom is -0.358 e. The molecule has 5 heteroatoms. The van der Waals surface area contributed by atoms with Gasteiger partial charge in [-0.1, -0.05) is 12.1 Å². The lowest BCUT2D eigenvalue weighted by atomic mass is 9.92. The van der Waals surface area contributed by atoms with Crippen molar-refractivity contribution in [1.82, 2.24) is 10.3 Å². The minimum absolute atomic E-state index is 0.150. The standard InChI is InChI=1S/C17H20F2N2O/c1-10-11(2)20-15-13(10)4-3-5-14(15)16(22)21-12-6-8-17(18,19)9-7-12/h3-5,12,20H,6-9H2,1-2H3,(H,21,22). The van der Waals surface area contributed by atoms with Gasteiger partial charge in [-0.25, -0.2) is 8.78 Å². The van der Waals surface area contributed by atoms with Gasteiger partial charge < -0.3 is 10.3 Å². The quantitative estimate of drug-likeness (QED) is 0.862. The number of rotatable bonds is 2. The number of aryl methyl sites for hydroxylation is 2. The van der Waals surface area contributed by atoms with Crippen molar-refractivity contribution >= 4 is 16.8 Å². The molecule has 3 rings (SSSR count). The van der Waals surface area contributed by atoms with Gasteiger partial charge in [-0.15, -0.1) is 0 Å². The van der Waals surface area contributed by atoms with E-state index in [2.05, 4.69) is 10.3 Å². The van der Waals surface area contributed by atoms with Crippen LogP contribution in [-0.2, 0) is 0 Å². The Morgan fingerprint density at radius 1 is 1.27 bits per heavy atom. The molecular formula is C17H20F2N2O. The lowest BCUT2D eigenvalue weighted by Gasteiger charge is -2.28. The van der Waals surface area contributed by atoms with Crippen LogP contribution in [0.15, 0.2) is 18.2 Å². The van der Waals surface area contributed by atoms with Crippen molar-refractivity contribution in [2.45, 2.75) is 51.5 Å². The lowest BCUT2D eigenvalue weighted by molar-refractivity contribution is -0.0399. The van der Waals surface area contributed by atoms with E-state index in [9.17, 15) is 13.6 Å². The number of carbonyl (C=O) groups excluding carboxylic acids is 1. The molecule has 0 unspecified atom stereocenters. The van der Waals surface area contributed by atoms with Crippen LogP contribution < -0.4 is 5.32 Å². The highest BCUT2D eigenvalue weighted by atomic mass is 19.3. The van der Waals surface area contributed by atoms with E-state index in [0.717, 1.165) is 22.2 Å². The molecule has 118 valence electrons. The number of para-hydroxylation sites is 1. The molecule has 0 radical (unpaired) electrons. The number of halogens is 2. The van der Waals surface area contributed by atoms with Crippen molar-refractivity contribution in [2.75, 3.05) is 0 Å². The Kier molecular flexibility index (Phi) is 3.67. The highest BCUT2D eigenvalue weighted by molar-refractivity contribution is 6.06. The molecule has 0 saturated heterocycles. The van der Waals surface area contributed by atoms with E-state index in [1.54, 1.807) is 6.07 Å². The summed E-state index contributed by atoms with van der Waals surface area (Å²) in [5.41, 5.74) is 3.55. The number of carbonyl (C=O) groups is 1. The Hall–Kier alpha value is -1.91. The smallest absolute Gasteiger partial charge is 0.253 e. The molecule has 0 aliphatic heterocycles. The predicted octanol–water partition coefficient (Wildman–Crippen LogP) is 4.09. The van der Waals surface area contributed by atoms with Crippen LogP contribution in [-0.4, -0.2) is 22.9 Å². The summed E-state index contributed by atoms with van der Waals surface area (Å²) in [6.07, 6.45) is 0.362. The zero-order chi connectivity index (χ0) is 15.9. The second kappa shape index (κ2) is 5.38. The summed E-state index contributed by atoms with van der Waals surface area (Å²) >= 11 is 0. The van der Waals surface area contributed by atoms with Gasteiger partial charge in [-0.05, 0) is 38.3 Å². The molecule has 1 aromatic carbocycles. The molecule has 1 aliphatic carbocycles. The Bertz CT molecular complexity index is 711. The molecule has 1 fully saturated rings. The molecule has 0 spiro atoms. The van der Waals surface area contributed by atoms with Gasteiger partial charge in [0.15, 0.2) is 0 Å². The van der Waals surface area contributed by atoms with Crippen LogP contribution >= 0.6 is 0 Å². The van der Waals surface area contributed by atoms with Crippen molar-refractivity contribution in [3.05, 3.63) is 35.0 Å². The van der Waals surface area contributed by atoms with Crippen molar-refractivity contribution in [3.63, 3.8) is 0 Å². The van der Waals surface area contributed by atoms with E-state index >= 15 is 0 Å². The second-order valence-electron chi connectivity index (χ2n) is 6.21. The second-order valence-corrected chi connectivity index (χ2v) is 6.21. The third-order valence-corrected chi connectivity index (χ3v) is 4.64. The van der Waals surface area contributed by atoms with E-state index < -0.39 is 5.92 Å². The van der Waals surface area contributed by atoms with Gasteiger partial charge in [0.1, 0.15) is 0 Å². The first kappa shape index (κ1) is 15.0. The normalized spacial score (nSPS) is 18.5. The molecule has 22 heavy (non-hydrogen) atoms. The van der Waals surface area contributed by atoms with Gasteiger partial charge in [0.05, 0.1) is 11.1 Å². The molecular weight excluding hydrogens is 286 g/mol. The van der Waals surface area contributed by atoms with E-state index in [-0.39, 0.29) is 24.8 Å². The fourth-order valence-electron chi connectivity index (χ4n) is 3.12. The number of hydrogen-bond acceptors (Lipinski definition) is 1. The summed E-state index contributed by atoms with van der Waals surface area (Å²) in [6.45, 7) is 3.99. The lowest BCUT2D eigenvalue weighted by Crippen LogP contribution is -2.40. The number of fused-ring (bicyclic) bond motifs is 1. The van der Waals surface area contributed by atoms with Crippen LogP contribution in [0.2, 0.25) is 0 Å². The molecule has 0 atom stereocenters. The maximum atomic E-state index is 13.2. The number of aromatic amines is 1. The number of H-pyrrole nitrogens is 1. The summed E-state index contributed by atoms with van der Waals surface area (Å²) in [7, 11) is 0. The predicted molar refractivity (Wildman–Crippen MR) is 82.4 cm³/mol. The third kappa shape index (κ3) is 2.72. The first-order valence-corrected chi connectivity index (χ1v) is 7.64. The average molecular weight is 306 g/mol. The fourth-order valence-corrected chi connectivity index (χ4v) is 3.12. The first-order valence-electron chi connectivity index (χ1n) is 7.64. The molecule has 1 saturated carbocycles. The molecule has 1 aromatic heterocycles. The summed E-state index contributed by atoms with van der Waals surface area (Å²) in [6, 6.07) is 5.43. The molecule has 1 aliphatic rings. The number of aromatic nitrogens is 1. The molecule has 2 N–H and O–H groups in total. The van der Waals surface area contributed by atoms with Crippen LogP contribution in [0, 0.1) is 13.8 Å². The summed E-state index contributed by atoms with van der Waals surface area (Å²) in [4.78, 5) is 15.7. The SMILES string of the molecule is Cc1[nH]c2c(C(=O)NC3CCC(F)(F)CC3)cccc2c1C. The first-order chi connectivity index (χ1) is 10.4. The number of alkyl halides is 2. The maximum absolute atomic E-state index is 13.2. The zero-order valence-electron chi connectivity index (χ0n) is 12.8. The highest BCUT2D eigenvalue weighted by Gasteiger charge is 2.35. The third-order valence-electron chi connectivity index (χ3n) is 4.64. The van der Waals surface area contributed by atoms with E-state index in [1.807, 2.05) is 26.0 Å². The van der Waals surface area contributed by atoms with Crippen LogP contribution in [0.3, 0.4) is 0 Å². The van der Waals surface area contributed by atoms with Crippen LogP contribution in [0.4, 0.5) is 8.78 Å². The Balaban J connectivity index is 1.80. The molecule has 3 nitrogen and oxygen atoms in total. The molecule has 2 aromatic rings. The van der Waals surface area contributed by atoms with Crippen molar-refractivity contribution < 1.29 is 13.6 Å². The fraction of sp³-hybridized carbons (Fsp3) is 0.471. The number of amides is 1. The van der Waals surface area contributed by atoms with Gasteiger partial charge in [0.2, 0.25) is 5.92 Å². The van der Waals surface area contributed by atoms with E-state index in [0.29, 0.717) is 18.4 Å². The monoisotopic (exact) mass is 306 g/mol. The van der Waals surface area contributed by atoms with Crippen LogP contribution in [0.1, 0.15) is 47.3 Å². The maximum Gasteiger partial charge on any atom is 0.253 e. The number of nitrogens with one attached hydrogen (secondary N) is 2. The topological polar surface area (TPSA) is 44.9 Å². The summed E-state index contributed by atoms with van der Waals surface area (Å²) in [5.74, 6) is -2.77. The van der Waals surface area contributed by atoms with Gasteiger partial charge in [0, 0.05) is 30.0 Å². The van der Waals surface area contributed by atoms with Gasteiger partial charge >= 0.3 is 0 Å². The Labute approximate surface area is 128 Å². The van der Waals surface area contributed by atoms with Gasteiger partial charge in [-0.2, -0.15) is 0 Å². The highest BCUT2D eigenvalue weighted by Crippen LogP contribution is 2.33. The average Bonchev–Trinajstić information content (AvgIpc) is 2.76. The zero-order valence-corrected chi connectivity index (χ0v) is 12.8. The number of hydrogen-bond donors (Lipinski definition) is 2. The Morgan fingerprint density at radius 3 is 2.64 bits per heavy atom. The van der Waals surface area contributed by atoms with Crippen LogP contribution in [0.25, 0.3) is 10.9 Å². The van der Waals surface area contributed by atoms with E-state index in [4.69, 9.17) is 0 Å². The van der Waals surface area contributed by atoms with E-state index in [1.165, 1.54) is 0 Å². The van der Waals surface area contributed by atoms with Gasteiger partial charge in [-0.3, -0.25) is 4.79 Å². The largest absolute Gasteiger partial charge is 0.358 e. The molecule has 1 amide bonds. The Morgan fingerprint density at radius 2 is 1.95 bits per heavy atom. The van der Waals surface area contributed by atoms with Crippen molar-refractivity contribution in [1.29, 1.82) is 0 Å². The molecule has 0 bridgehead atoms. The number of benzene rings is 1. The summed E-state index contributed by atoms with van der Waals surface area (Å²) in [5, 5.41) is 3.93. The van der Waals surface area contributed by atoms with Gasteiger partial charge in [0.25, 0.3) is 5.91 Å². The minimum atomic E-state index is -2.57. The van der Waals surface area contributed by atoms with Crippen LogP contribution in [0.5, 0.6) is 0 Å². The summed E-state index contributed by atoms with van der Waals surface area (Å²) < 4.78 is 26.4. The van der Waals surface area contributed by atoms with Crippen molar-refractivity contribution in [3.8, 4) is 0 Å².